The number of nitrogens with one attached hydrogen (secondary N) is 6. The zero-order valence-electron chi connectivity index (χ0n) is 60.6. The highest BCUT2D eigenvalue weighted by atomic mass is 16.5. The predicted molar refractivity (Wildman–Crippen MR) is 374 cm³/mol. The molecule has 0 spiro atoms. The quantitative estimate of drug-likeness (QED) is 0.0348. The lowest BCUT2D eigenvalue weighted by Gasteiger charge is -2.41. The van der Waals surface area contributed by atoms with Crippen molar-refractivity contribution in [3.05, 3.63) is 65.7 Å². The molecule has 0 aliphatic carbocycles. The third-order valence-corrected chi connectivity index (χ3v) is 19.8. The number of benzene rings is 2. The summed E-state index contributed by atoms with van der Waals surface area (Å²) in [6.07, 6.45) is 4.02. The van der Waals surface area contributed by atoms with Crippen LogP contribution in [0.15, 0.2) is 54.6 Å². The lowest BCUT2D eigenvalue weighted by atomic mass is 9.85. The first kappa shape index (κ1) is 81.6. The van der Waals surface area contributed by atoms with Crippen LogP contribution >= 0.6 is 0 Å². The van der Waals surface area contributed by atoms with Crippen LogP contribution in [-0.2, 0) is 65.5 Å². The smallest absolute Gasteiger partial charge is 0.312 e. The summed E-state index contributed by atoms with van der Waals surface area (Å²) in [4.78, 5) is 144. The number of nitrogens with two attached hydrogens (primary N) is 1. The second-order valence-corrected chi connectivity index (χ2v) is 28.2. The van der Waals surface area contributed by atoms with Crippen LogP contribution in [0.3, 0.4) is 0 Å². The van der Waals surface area contributed by atoms with E-state index in [4.69, 9.17) is 15.2 Å². The Morgan fingerprint density at radius 1 is 0.698 bits per heavy atom. The van der Waals surface area contributed by atoms with Crippen LogP contribution in [0.25, 0.3) is 0 Å². The second kappa shape index (κ2) is 40.8. The Balaban J connectivity index is 1.40. The molecule has 2 unspecified atom stereocenters. The van der Waals surface area contributed by atoms with E-state index in [9.17, 15) is 47.9 Å². The number of likely N-dealkylation sites (tertiary alicyclic amines) is 2. The van der Waals surface area contributed by atoms with Crippen LogP contribution in [0.2, 0.25) is 0 Å². The first-order valence-electron chi connectivity index (χ1n) is 35.1. The molecule has 538 valence electrons. The summed E-state index contributed by atoms with van der Waals surface area (Å²) >= 11 is 0. The van der Waals surface area contributed by atoms with E-state index in [0.29, 0.717) is 63.7 Å². The molecule has 0 radical (unpaired) electrons. The van der Waals surface area contributed by atoms with Crippen molar-refractivity contribution in [2.75, 3.05) is 80.5 Å². The van der Waals surface area contributed by atoms with Gasteiger partial charge in [0.15, 0.2) is 5.78 Å². The number of piperidine rings is 1. The number of carbonyl (C=O) groups excluding carboxylic acids is 10. The number of anilines is 1. The van der Waals surface area contributed by atoms with Crippen molar-refractivity contribution in [3.63, 3.8) is 0 Å². The standard InChI is InChI=1S/C73H119N11O12/c1-17-48(8)66(82(14)72(93)64(46(4)5)80-71(92)65(47(6)7)81(12)13)60(95-15)44-62(88)84-38-22-27-57(84)67(96-16)50(10)58(85)43-55(41-52-24-19-18-20-25-52)69(90)76-36-33-51-29-31-56(32-30-51)78-70(91)53(26-21-35-77-73(74)94)42-59(86)63(45(2)3)79-61(87)28-23-37-83-39-34-54(40-49(83)9)68(89)75-11/h18-20,24-25,29-32,45-50,53-55,57,60,63-67H,17,21-23,26-28,33-44H2,1-16H3,(H,75,89)(H,76,90)(H,78,91)(H,79,87)(H,80,92)(H3,74,77,94)/t48-,49?,50-,53+,54?,55+,57-,60+,63-,64-,65-,66-,67+/m0/s1. The Bertz CT molecular complexity index is 2810. The fourth-order valence-corrected chi connectivity index (χ4v) is 14.1. The number of hydrogen-bond acceptors (Lipinski definition) is 14. The predicted octanol–water partition coefficient (Wildman–Crippen LogP) is 6.54. The molecule has 0 saturated carbocycles. The highest BCUT2D eigenvalue weighted by Gasteiger charge is 2.44. The minimum absolute atomic E-state index is 0.00480. The Morgan fingerprint density at radius 2 is 1.35 bits per heavy atom. The van der Waals surface area contributed by atoms with Gasteiger partial charge in [-0.15, -0.1) is 0 Å². The van der Waals surface area contributed by atoms with E-state index >= 15 is 0 Å². The maximum atomic E-state index is 14.6. The molecule has 2 fully saturated rings. The zero-order valence-corrected chi connectivity index (χ0v) is 60.6. The van der Waals surface area contributed by atoms with Gasteiger partial charge < -0.3 is 61.8 Å². The Labute approximate surface area is 572 Å². The molecule has 2 heterocycles. The molecule has 8 N–H and O–H groups in total. The molecule has 0 bridgehead atoms. The van der Waals surface area contributed by atoms with Crippen LogP contribution in [0.5, 0.6) is 0 Å². The van der Waals surface area contributed by atoms with Gasteiger partial charge in [0.2, 0.25) is 41.4 Å². The van der Waals surface area contributed by atoms with Crippen molar-refractivity contribution >= 4 is 64.6 Å². The van der Waals surface area contributed by atoms with Crippen molar-refractivity contribution in [2.24, 2.45) is 53.1 Å². The summed E-state index contributed by atoms with van der Waals surface area (Å²) in [6.45, 7) is 21.7. The molecule has 9 amide bonds. The lowest BCUT2D eigenvalue weighted by molar-refractivity contribution is -0.148. The maximum absolute atomic E-state index is 14.6. The van der Waals surface area contributed by atoms with Gasteiger partial charge in [0.25, 0.3) is 0 Å². The van der Waals surface area contributed by atoms with Crippen LogP contribution in [0.4, 0.5) is 10.5 Å². The maximum Gasteiger partial charge on any atom is 0.312 e. The monoisotopic (exact) mass is 1340 g/mol. The van der Waals surface area contributed by atoms with E-state index in [1.165, 1.54) is 0 Å². The minimum atomic E-state index is -0.823. The van der Waals surface area contributed by atoms with E-state index < -0.39 is 72.1 Å². The number of ketones is 2. The number of primary amides is 1. The normalized spacial score (nSPS) is 19.0. The number of ether oxygens (including phenoxy) is 2. The average molecular weight is 1340 g/mol. The molecular formula is C73H119N11O12. The number of amides is 9. The molecule has 23 nitrogen and oxygen atoms in total. The Hall–Kier alpha value is -6.82. The zero-order chi connectivity index (χ0) is 71.5. The largest absolute Gasteiger partial charge is 0.379 e. The van der Waals surface area contributed by atoms with Crippen LogP contribution in [0, 0.1) is 47.3 Å². The second-order valence-electron chi connectivity index (χ2n) is 28.2. The van der Waals surface area contributed by atoms with Crippen molar-refractivity contribution in [2.45, 2.75) is 208 Å². The summed E-state index contributed by atoms with van der Waals surface area (Å²) in [6, 6.07) is 13.1. The van der Waals surface area contributed by atoms with Gasteiger partial charge in [-0.3, -0.25) is 48.1 Å². The van der Waals surface area contributed by atoms with Gasteiger partial charge in [-0.1, -0.05) is 111 Å². The summed E-state index contributed by atoms with van der Waals surface area (Å²) in [5.74, 6) is -4.81. The Morgan fingerprint density at radius 3 is 1.93 bits per heavy atom. The van der Waals surface area contributed by atoms with Gasteiger partial charge in [-0.2, -0.15) is 0 Å². The van der Waals surface area contributed by atoms with E-state index in [2.05, 4.69) is 43.7 Å². The third kappa shape index (κ3) is 24.9. The minimum Gasteiger partial charge on any atom is -0.379 e. The van der Waals surface area contributed by atoms with Crippen LogP contribution in [0.1, 0.15) is 157 Å². The first-order chi connectivity index (χ1) is 45.5. The number of nitrogens with zero attached hydrogens (tertiary/aromatic N) is 4. The van der Waals surface area contributed by atoms with Gasteiger partial charge in [0.05, 0.1) is 42.8 Å². The molecule has 2 aliphatic rings. The van der Waals surface area contributed by atoms with Gasteiger partial charge in [-0.25, -0.2) is 4.79 Å². The number of rotatable bonds is 41. The molecule has 13 atom stereocenters. The van der Waals surface area contributed by atoms with Crippen molar-refractivity contribution < 1.29 is 57.4 Å². The van der Waals surface area contributed by atoms with Crippen molar-refractivity contribution in [3.8, 4) is 0 Å². The number of Topliss-reactive ketones (excluding diaryl/α,β-unsaturated/α-hetero) is 2. The molecule has 0 aromatic heterocycles. The average Bonchev–Trinajstić information content (AvgIpc) is 1.35. The van der Waals surface area contributed by atoms with Crippen molar-refractivity contribution in [1.82, 2.24) is 46.2 Å². The van der Waals surface area contributed by atoms with Gasteiger partial charge in [-0.05, 0) is 139 Å². The third-order valence-electron chi connectivity index (χ3n) is 19.8. The van der Waals surface area contributed by atoms with Gasteiger partial charge >= 0.3 is 6.03 Å². The van der Waals surface area contributed by atoms with Crippen molar-refractivity contribution in [1.29, 1.82) is 0 Å². The number of urea groups is 1. The lowest BCUT2D eigenvalue weighted by Crippen LogP contribution is -2.59. The first-order valence-corrected chi connectivity index (χ1v) is 35.1. The number of hydrogen-bond donors (Lipinski definition) is 7. The van der Waals surface area contributed by atoms with Gasteiger partial charge in [0.1, 0.15) is 11.8 Å². The summed E-state index contributed by atoms with van der Waals surface area (Å²) in [5.41, 5.74) is 7.55. The highest BCUT2D eigenvalue weighted by molar-refractivity contribution is 5.97. The van der Waals surface area contributed by atoms with Gasteiger partial charge in [0, 0.05) is 103 Å². The summed E-state index contributed by atoms with van der Waals surface area (Å²) < 4.78 is 12.3. The van der Waals surface area contributed by atoms with Crippen LogP contribution < -0.4 is 37.6 Å². The molecule has 2 aromatic carbocycles. The van der Waals surface area contributed by atoms with E-state index in [0.717, 1.165) is 30.5 Å². The Kier molecular flexibility index (Phi) is 34.7. The molecule has 96 heavy (non-hydrogen) atoms. The molecule has 2 aromatic rings. The van der Waals surface area contributed by atoms with Crippen LogP contribution in [-0.4, -0.2) is 202 Å². The molecule has 2 saturated heterocycles. The SMILES string of the molecule is CC[C@H](C)[C@@H]([C@@H](CC(=O)N1CCC[C@H]1[C@H](OC)[C@@H](C)C(=O)C[C@@H](Cc1ccccc1)C(=O)NCCc1ccc(NC(=O)[C@H](CCCNC(N)=O)CC(=O)[C@@H](NC(=O)CCCN2CCC(C(=O)NC)CC2C)C(C)C)cc1)OC)N(C)C(=O)[C@@H](NC(=O)[C@H](C(C)C)N(C)C)C(C)C. The van der Waals surface area contributed by atoms with E-state index in [1.807, 2.05) is 117 Å². The number of methoxy groups -OCH3 is 2. The molecule has 4 rings (SSSR count). The summed E-state index contributed by atoms with van der Waals surface area (Å²) in [7, 11) is 10.1. The molecular weight excluding hydrogens is 1220 g/mol. The topological polar surface area (TPSA) is 300 Å². The molecule has 2 aliphatic heterocycles. The van der Waals surface area contributed by atoms with E-state index in [1.54, 1.807) is 57.2 Å². The molecule has 23 heteroatoms. The highest BCUT2D eigenvalue weighted by Crippen LogP contribution is 2.32. The number of carbonyl (C=O) groups is 10. The summed E-state index contributed by atoms with van der Waals surface area (Å²) in [5, 5.41) is 17.3. The fourth-order valence-electron chi connectivity index (χ4n) is 14.1. The number of likely N-dealkylation sites (N-methyl/N-ethyl adjacent to an activating group) is 2. The fraction of sp³-hybridized carbons (Fsp3) is 0.699. The van der Waals surface area contributed by atoms with E-state index in [-0.39, 0.29) is 128 Å².